The third kappa shape index (κ3) is 2.15. The molecular formula is C13H16ClNO2. The quantitative estimate of drug-likeness (QED) is 0.870. The summed E-state index contributed by atoms with van der Waals surface area (Å²) in [5, 5.41) is 13.7. The van der Waals surface area contributed by atoms with E-state index in [1.165, 1.54) is 6.42 Å². The lowest BCUT2D eigenvalue weighted by molar-refractivity contribution is 0.0972. The Morgan fingerprint density at radius 3 is 3.00 bits per heavy atom. The third-order valence-electron chi connectivity index (χ3n) is 3.73. The number of aromatic hydroxyl groups is 1. The van der Waals surface area contributed by atoms with Crippen LogP contribution in [0.15, 0.2) is 18.2 Å². The summed E-state index contributed by atoms with van der Waals surface area (Å²) in [7, 11) is 0. The first-order valence-electron chi connectivity index (χ1n) is 6.09. The molecule has 0 radical (unpaired) electrons. The molecule has 2 aliphatic rings. The Hall–Kier alpha value is -0.770. The van der Waals surface area contributed by atoms with Crippen molar-refractivity contribution in [2.75, 3.05) is 0 Å². The van der Waals surface area contributed by atoms with E-state index in [1.807, 2.05) is 12.1 Å². The van der Waals surface area contributed by atoms with Gasteiger partial charge in [0.2, 0.25) is 0 Å². The van der Waals surface area contributed by atoms with E-state index in [0.29, 0.717) is 29.8 Å². The van der Waals surface area contributed by atoms with Crippen molar-refractivity contribution in [3.8, 4) is 5.75 Å². The van der Waals surface area contributed by atoms with Crippen LogP contribution in [0.5, 0.6) is 5.75 Å². The van der Waals surface area contributed by atoms with Gasteiger partial charge >= 0.3 is 0 Å². The number of hydrogen-bond donors (Lipinski definition) is 2. The Bertz CT molecular complexity index is 424. The van der Waals surface area contributed by atoms with Crippen LogP contribution < -0.4 is 5.32 Å². The van der Waals surface area contributed by atoms with Gasteiger partial charge < -0.3 is 15.2 Å². The Balaban J connectivity index is 1.62. The highest BCUT2D eigenvalue weighted by Crippen LogP contribution is 2.35. The minimum absolute atomic E-state index is 0.186. The second-order valence-corrected chi connectivity index (χ2v) is 5.25. The normalized spacial score (nSPS) is 31.0. The number of nitrogens with one attached hydrogen (secondary N) is 1. The first-order chi connectivity index (χ1) is 8.24. The van der Waals surface area contributed by atoms with Gasteiger partial charge in [-0.05, 0) is 25.3 Å². The van der Waals surface area contributed by atoms with Crippen LogP contribution in [0, 0.1) is 0 Å². The van der Waals surface area contributed by atoms with Gasteiger partial charge in [0, 0.05) is 18.2 Å². The maximum absolute atomic E-state index is 9.80. The van der Waals surface area contributed by atoms with Crippen molar-refractivity contribution in [3.05, 3.63) is 28.8 Å². The topological polar surface area (TPSA) is 41.5 Å². The molecule has 4 heteroatoms. The standard InChI is InChI=1S/C13H16ClNO2/c14-10-3-1-2-8(13(10)16)7-15-11-6-9-4-5-12(11)17-9/h1-3,9,11-12,15-16H,4-7H2. The van der Waals surface area contributed by atoms with Gasteiger partial charge in [0.25, 0.3) is 0 Å². The molecule has 0 amide bonds. The summed E-state index contributed by atoms with van der Waals surface area (Å²) in [4.78, 5) is 0. The molecule has 3 rings (SSSR count). The number of phenols is 1. The molecule has 1 aromatic rings. The van der Waals surface area contributed by atoms with E-state index in [0.717, 1.165) is 18.4 Å². The lowest BCUT2D eigenvalue weighted by Crippen LogP contribution is -2.36. The van der Waals surface area contributed by atoms with Crippen molar-refractivity contribution in [2.45, 2.75) is 44.1 Å². The molecule has 2 N–H and O–H groups in total. The summed E-state index contributed by atoms with van der Waals surface area (Å²) in [6.07, 6.45) is 4.26. The van der Waals surface area contributed by atoms with E-state index in [4.69, 9.17) is 16.3 Å². The molecule has 2 aliphatic heterocycles. The second kappa shape index (κ2) is 4.48. The van der Waals surface area contributed by atoms with Gasteiger partial charge in [0.05, 0.1) is 17.2 Å². The maximum Gasteiger partial charge on any atom is 0.138 e. The lowest BCUT2D eigenvalue weighted by atomic mass is 9.95. The van der Waals surface area contributed by atoms with E-state index in [2.05, 4.69) is 5.32 Å². The van der Waals surface area contributed by atoms with Crippen molar-refractivity contribution < 1.29 is 9.84 Å². The van der Waals surface area contributed by atoms with Gasteiger partial charge in [-0.1, -0.05) is 23.7 Å². The van der Waals surface area contributed by atoms with Crippen molar-refractivity contribution in [1.29, 1.82) is 0 Å². The van der Waals surface area contributed by atoms with Gasteiger partial charge in [0.15, 0.2) is 0 Å². The summed E-state index contributed by atoms with van der Waals surface area (Å²) in [5.41, 5.74) is 0.847. The zero-order chi connectivity index (χ0) is 11.8. The maximum atomic E-state index is 9.80. The summed E-state index contributed by atoms with van der Waals surface area (Å²) >= 11 is 5.87. The minimum Gasteiger partial charge on any atom is -0.506 e. The van der Waals surface area contributed by atoms with E-state index in [1.54, 1.807) is 6.07 Å². The van der Waals surface area contributed by atoms with Crippen molar-refractivity contribution >= 4 is 11.6 Å². The number of fused-ring (bicyclic) bond motifs is 2. The number of para-hydroxylation sites is 1. The highest BCUT2D eigenvalue weighted by atomic mass is 35.5. The molecule has 0 aromatic heterocycles. The highest BCUT2D eigenvalue weighted by molar-refractivity contribution is 6.32. The molecule has 2 bridgehead atoms. The number of ether oxygens (including phenoxy) is 1. The fraction of sp³-hybridized carbons (Fsp3) is 0.538. The molecule has 3 atom stereocenters. The van der Waals surface area contributed by atoms with Crippen LogP contribution in [0.25, 0.3) is 0 Å². The molecule has 3 nitrogen and oxygen atoms in total. The van der Waals surface area contributed by atoms with Crippen LogP contribution in [0.4, 0.5) is 0 Å². The summed E-state index contributed by atoms with van der Waals surface area (Å²) in [6.45, 7) is 0.642. The van der Waals surface area contributed by atoms with E-state index >= 15 is 0 Å². The van der Waals surface area contributed by atoms with Gasteiger partial charge in [-0.25, -0.2) is 0 Å². The Morgan fingerprint density at radius 2 is 2.29 bits per heavy atom. The average molecular weight is 254 g/mol. The predicted molar refractivity (Wildman–Crippen MR) is 66.3 cm³/mol. The molecule has 2 saturated heterocycles. The molecule has 0 spiro atoms. The zero-order valence-electron chi connectivity index (χ0n) is 9.53. The van der Waals surface area contributed by atoms with Gasteiger partial charge in [-0.2, -0.15) is 0 Å². The third-order valence-corrected chi connectivity index (χ3v) is 4.04. The summed E-state index contributed by atoms with van der Waals surface area (Å²) < 4.78 is 5.78. The largest absolute Gasteiger partial charge is 0.506 e. The highest BCUT2D eigenvalue weighted by Gasteiger charge is 2.40. The molecule has 1 aromatic carbocycles. The number of hydrogen-bond acceptors (Lipinski definition) is 3. The minimum atomic E-state index is 0.186. The summed E-state index contributed by atoms with van der Waals surface area (Å²) in [5.74, 6) is 0.186. The van der Waals surface area contributed by atoms with Crippen LogP contribution in [-0.2, 0) is 11.3 Å². The fourth-order valence-electron chi connectivity index (χ4n) is 2.80. The number of phenolic OH excluding ortho intramolecular Hbond substituents is 1. The SMILES string of the molecule is Oc1c(Cl)cccc1CNC1CC2CCC1O2. The smallest absolute Gasteiger partial charge is 0.138 e. The number of benzene rings is 1. The molecule has 17 heavy (non-hydrogen) atoms. The van der Waals surface area contributed by atoms with Gasteiger partial charge in [0.1, 0.15) is 5.75 Å². The van der Waals surface area contributed by atoms with Gasteiger partial charge in [-0.15, -0.1) is 0 Å². The van der Waals surface area contributed by atoms with Crippen molar-refractivity contribution in [3.63, 3.8) is 0 Å². The second-order valence-electron chi connectivity index (χ2n) is 4.84. The Labute approximate surface area is 106 Å². The Morgan fingerprint density at radius 1 is 1.41 bits per heavy atom. The van der Waals surface area contributed by atoms with Crippen molar-refractivity contribution in [1.82, 2.24) is 5.32 Å². The van der Waals surface area contributed by atoms with E-state index in [-0.39, 0.29) is 5.75 Å². The molecule has 2 fully saturated rings. The Kier molecular flexibility index (Phi) is 2.99. The van der Waals surface area contributed by atoms with Crippen LogP contribution in [0.1, 0.15) is 24.8 Å². The molecule has 0 aliphatic carbocycles. The lowest BCUT2D eigenvalue weighted by Gasteiger charge is -2.20. The van der Waals surface area contributed by atoms with Crippen LogP contribution in [-0.4, -0.2) is 23.4 Å². The molecule has 2 heterocycles. The molecule has 92 valence electrons. The monoisotopic (exact) mass is 253 g/mol. The first kappa shape index (κ1) is 11.3. The van der Waals surface area contributed by atoms with Gasteiger partial charge in [-0.3, -0.25) is 0 Å². The number of halogens is 1. The average Bonchev–Trinajstić information content (AvgIpc) is 2.93. The number of rotatable bonds is 3. The van der Waals surface area contributed by atoms with E-state index < -0.39 is 0 Å². The van der Waals surface area contributed by atoms with Crippen LogP contribution >= 0.6 is 11.6 Å². The molecule has 0 saturated carbocycles. The molecule has 3 unspecified atom stereocenters. The molecular weight excluding hydrogens is 238 g/mol. The van der Waals surface area contributed by atoms with E-state index in [9.17, 15) is 5.11 Å². The van der Waals surface area contributed by atoms with Crippen molar-refractivity contribution in [2.24, 2.45) is 0 Å². The predicted octanol–water partition coefficient (Wildman–Crippen LogP) is 2.46. The summed E-state index contributed by atoms with van der Waals surface area (Å²) in [6, 6.07) is 5.87. The van der Waals surface area contributed by atoms with Crippen LogP contribution in [0.2, 0.25) is 5.02 Å². The fourth-order valence-corrected chi connectivity index (χ4v) is 2.99. The first-order valence-corrected chi connectivity index (χ1v) is 6.47. The zero-order valence-corrected chi connectivity index (χ0v) is 10.3. The van der Waals surface area contributed by atoms with Crippen LogP contribution in [0.3, 0.4) is 0 Å².